The average Bonchev–Trinajstić information content (AvgIpc) is 3.08. The highest BCUT2D eigenvalue weighted by molar-refractivity contribution is 7.17. The summed E-state index contributed by atoms with van der Waals surface area (Å²) >= 11 is 1.37. The van der Waals surface area contributed by atoms with E-state index in [0.717, 1.165) is 29.7 Å². The summed E-state index contributed by atoms with van der Waals surface area (Å²) in [7, 11) is 1.31. The Balaban J connectivity index is 1.64. The summed E-state index contributed by atoms with van der Waals surface area (Å²) in [5.74, 6) is -1.41. The first-order valence-electron chi connectivity index (χ1n) is 9.86. The number of amides is 2. The number of anilines is 2. The van der Waals surface area contributed by atoms with Crippen LogP contribution in [-0.2, 0) is 31.9 Å². The van der Waals surface area contributed by atoms with Crippen molar-refractivity contribution < 1.29 is 28.7 Å². The Morgan fingerprint density at radius 2 is 1.81 bits per heavy atom. The Kier molecular flexibility index (Phi) is 7.06. The van der Waals surface area contributed by atoms with Crippen LogP contribution in [0.3, 0.4) is 0 Å². The second-order valence-corrected chi connectivity index (χ2v) is 8.54. The molecular weight excluding hydrogens is 420 g/mol. The van der Waals surface area contributed by atoms with Gasteiger partial charge < -0.3 is 20.1 Å². The maximum absolute atomic E-state index is 12.4. The van der Waals surface area contributed by atoms with Crippen molar-refractivity contribution in [1.82, 2.24) is 0 Å². The van der Waals surface area contributed by atoms with Crippen LogP contribution >= 0.6 is 11.3 Å². The molecule has 0 radical (unpaired) electrons. The number of benzene rings is 1. The summed E-state index contributed by atoms with van der Waals surface area (Å²) in [4.78, 5) is 49.0. The van der Waals surface area contributed by atoms with Crippen molar-refractivity contribution in [2.24, 2.45) is 5.92 Å². The number of fused-ring (bicyclic) bond motifs is 1. The SMILES string of the molecule is COC(=O)c1c(NC(=O)COC(=O)c2ccc(NC(C)=O)cc2)sc2c1CCC(C)C2. The van der Waals surface area contributed by atoms with Crippen LogP contribution in [-0.4, -0.2) is 37.5 Å². The van der Waals surface area contributed by atoms with Crippen LogP contribution < -0.4 is 10.6 Å². The van der Waals surface area contributed by atoms with Gasteiger partial charge in [0.2, 0.25) is 5.91 Å². The largest absolute Gasteiger partial charge is 0.465 e. The number of hydrogen-bond donors (Lipinski definition) is 2. The van der Waals surface area contributed by atoms with Crippen molar-refractivity contribution in [2.75, 3.05) is 24.4 Å². The molecule has 2 aromatic rings. The molecule has 2 N–H and O–H groups in total. The molecule has 0 saturated carbocycles. The van der Waals surface area contributed by atoms with Gasteiger partial charge in [0.15, 0.2) is 6.61 Å². The minimum absolute atomic E-state index is 0.219. The Labute approximate surface area is 183 Å². The third-order valence-electron chi connectivity index (χ3n) is 4.93. The first-order valence-corrected chi connectivity index (χ1v) is 10.7. The molecule has 8 nitrogen and oxygen atoms in total. The van der Waals surface area contributed by atoms with Crippen molar-refractivity contribution in [3.63, 3.8) is 0 Å². The van der Waals surface area contributed by atoms with Crippen LogP contribution in [0.15, 0.2) is 24.3 Å². The second kappa shape index (κ2) is 9.74. The Bertz CT molecular complexity index is 1010. The molecule has 1 aliphatic rings. The summed E-state index contributed by atoms with van der Waals surface area (Å²) in [5, 5.41) is 5.71. The molecule has 9 heteroatoms. The first kappa shape index (κ1) is 22.5. The first-order chi connectivity index (χ1) is 14.8. The molecule has 1 aromatic heterocycles. The second-order valence-electron chi connectivity index (χ2n) is 7.43. The number of nitrogens with one attached hydrogen (secondary N) is 2. The van der Waals surface area contributed by atoms with Gasteiger partial charge in [0.1, 0.15) is 5.00 Å². The molecule has 1 aliphatic carbocycles. The monoisotopic (exact) mass is 444 g/mol. The average molecular weight is 445 g/mol. The maximum Gasteiger partial charge on any atom is 0.341 e. The van der Waals surface area contributed by atoms with Crippen molar-refractivity contribution in [1.29, 1.82) is 0 Å². The lowest BCUT2D eigenvalue weighted by Crippen LogP contribution is -2.22. The van der Waals surface area contributed by atoms with Gasteiger partial charge in [-0.05, 0) is 55.0 Å². The fourth-order valence-electron chi connectivity index (χ4n) is 3.43. The molecule has 164 valence electrons. The molecular formula is C22H24N2O6S. The van der Waals surface area contributed by atoms with Crippen LogP contribution in [0.5, 0.6) is 0 Å². The van der Waals surface area contributed by atoms with Crippen LogP contribution in [0.1, 0.15) is 51.4 Å². The molecule has 1 heterocycles. The van der Waals surface area contributed by atoms with E-state index in [1.54, 1.807) is 12.1 Å². The molecule has 0 aliphatic heterocycles. The lowest BCUT2D eigenvalue weighted by Gasteiger charge is -2.18. The Morgan fingerprint density at radius 3 is 2.45 bits per heavy atom. The predicted molar refractivity (Wildman–Crippen MR) is 117 cm³/mol. The van der Waals surface area contributed by atoms with E-state index < -0.39 is 24.5 Å². The lowest BCUT2D eigenvalue weighted by molar-refractivity contribution is -0.119. The van der Waals surface area contributed by atoms with E-state index in [4.69, 9.17) is 9.47 Å². The Morgan fingerprint density at radius 1 is 1.10 bits per heavy atom. The highest BCUT2D eigenvalue weighted by atomic mass is 32.1. The van der Waals surface area contributed by atoms with Gasteiger partial charge >= 0.3 is 11.9 Å². The van der Waals surface area contributed by atoms with Crippen LogP contribution in [0.25, 0.3) is 0 Å². The number of esters is 2. The number of ether oxygens (including phenoxy) is 2. The number of carbonyl (C=O) groups is 4. The van der Waals surface area contributed by atoms with E-state index in [1.807, 2.05) is 0 Å². The van der Waals surface area contributed by atoms with E-state index in [0.29, 0.717) is 22.2 Å². The molecule has 0 spiro atoms. The highest BCUT2D eigenvalue weighted by Crippen LogP contribution is 2.40. The van der Waals surface area contributed by atoms with Gasteiger partial charge in [-0.2, -0.15) is 0 Å². The molecule has 2 amide bonds. The fourth-order valence-corrected chi connectivity index (χ4v) is 4.84. The van der Waals surface area contributed by atoms with Crippen LogP contribution in [0.2, 0.25) is 0 Å². The maximum atomic E-state index is 12.4. The van der Waals surface area contributed by atoms with Crippen molar-refractivity contribution >= 4 is 45.8 Å². The molecule has 1 aromatic carbocycles. The van der Waals surface area contributed by atoms with Crippen molar-refractivity contribution in [3.8, 4) is 0 Å². The van der Waals surface area contributed by atoms with E-state index in [2.05, 4.69) is 17.6 Å². The standard InChI is InChI=1S/C22H24N2O6S/c1-12-4-9-16-17(10-12)31-20(19(16)22(28)29-3)24-18(26)11-30-21(27)14-5-7-15(8-6-14)23-13(2)25/h5-8,12H,4,9-11H2,1-3H3,(H,23,25)(H,24,26). The predicted octanol–water partition coefficient (Wildman–Crippen LogP) is 3.41. The van der Waals surface area contributed by atoms with Crippen molar-refractivity contribution in [2.45, 2.75) is 33.1 Å². The quantitative estimate of drug-likeness (QED) is 0.661. The highest BCUT2D eigenvalue weighted by Gasteiger charge is 2.29. The summed E-state index contributed by atoms with van der Waals surface area (Å²) in [6, 6.07) is 6.13. The topological polar surface area (TPSA) is 111 Å². The van der Waals surface area contributed by atoms with Gasteiger partial charge in [0.05, 0.1) is 18.2 Å². The third-order valence-corrected chi connectivity index (χ3v) is 6.10. The molecule has 0 fully saturated rings. The lowest BCUT2D eigenvalue weighted by atomic mass is 9.88. The molecule has 3 rings (SSSR count). The smallest absolute Gasteiger partial charge is 0.341 e. The number of hydrogen-bond acceptors (Lipinski definition) is 7. The molecule has 1 unspecified atom stereocenters. The van der Waals surface area contributed by atoms with Gasteiger partial charge in [0, 0.05) is 17.5 Å². The van der Waals surface area contributed by atoms with Crippen LogP contribution in [0.4, 0.5) is 10.7 Å². The summed E-state index contributed by atoms with van der Waals surface area (Å²) in [5.41, 5.74) is 2.12. The zero-order chi connectivity index (χ0) is 22.5. The zero-order valence-corrected chi connectivity index (χ0v) is 18.4. The van der Waals surface area contributed by atoms with Gasteiger partial charge in [-0.1, -0.05) is 6.92 Å². The molecule has 31 heavy (non-hydrogen) atoms. The number of methoxy groups -OCH3 is 1. The zero-order valence-electron chi connectivity index (χ0n) is 17.6. The van der Waals surface area contributed by atoms with E-state index in [1.165, 1.54) is 37.5 Å². The summed E-state index contributed by atoms with van der Waals surface area (Å²) in [6.45, 7) is 3.05. The van der Waals surface area contributed by atoms with Crippen LogP contribution in [0, 0.1) is 5.92 Å². The normalized spacial score (nSPS) is 14.9. The number of carbonyl (C=O) groups excluding carboxylic acids is 4. The van der Waals surface area contributed by atoms with Gasteiger partial charge in [-0.25, -0.2) is 9.59 Å². The number of thiophene rings is 1. The van der Waals surface area contributed by atoms with E-state index in [-0.39, 0.29) is 11.5 Å². The number of rotatable bonds is 6. The van der Waals surface area contributed by atoms with Gasteiger partial charge in [-0.3, -0.25) is 9.59 Å². The molecule has 0 bridgehead atoms. The fraction of sp³-hybridized carbons (Fsp3) is 0.364. The van der Waals surface area contributed by atoms with Gasteiger partial charge in [0.25, 0.3) is 5.91 Å². The molecule has 0 saturated heterocycles. The summed E-state index contributed by atoms with van der Waals surface area (Å²) in [6.07, 6.45) is 2.58. The minimum atomic E-state index is -0.669. The summed E-state index contributed by atoms with van der Waals surface area (Å²) < 4.78 is 9.98. The Hall–Kier alpha value is -3.20. The third kappa shape index (κ3) is 5.49. The van der Waals surface area contributed by atoms with Gasteiger partial charge in [-0.15, -0.1) is 11.3 Å². The minimum Gasteiger partial charge on any atom is -0.465 e. The van der Waals surface area contributed by atoms with E-state index >= 15 is 0 Å². The van der Waals surface area contributed by atoms with E-state index in [9.17, 15) is 19.2 Å². The molecule has 1 atom stereocenters. The van der Waals surface area contributed by atoms with Crippen molar-refractivity contribution in [3.05, 3.63) is 45.8 Å².